The molecule has 3 N–H and O–H groups in total. The summed E-state index contributed by atoms with van der Waals surface area (Å²) in [6.07, 6.45) is -0.678. The van der Waals surface area contributed by atoms with Gasteiger partial charge in [-0.25, -0.2) is 0 Å². The van der Waals surface area contributed by atoms with Crippen molar-refractivity contribution < 1.29 is 24.2 Å². The predicted octanol–water partition coefficient (Wildman–Crippen LogP) is 1.39. The fourth-order valence-electron chi connectivity index (χ4n) is 2.37. The normalized spacial score (nSPS) is 11.2. The highest BCUT2D eigenvalue weighted by Crippen LogP contribution is 2.12. The average Bonchev–Trinajstić information content (AvgIpc) is 2.74. The van der Waals surface area contributed by atoms with Gasteiger partial charge in [0.05, 0.1) is 38.9 Å². The van der Waals surface area contributed by atoms with Crippen molar-refractivity contribution in [2.24, 2.45) is 0 Å². The van der Waals surface area contributed by atoms with Crippen LogP contribution in [0.5, 0.6) is 5.75 Å². The molecule has 0 aromatic heterocycles. The molecule has 0 saturated carbocycles. The van der Waals surface area contributed by atoms with E-state index in [-0.39, 0.29) is 19.6 Å². The van der Waals surface area contributed by atoms with Crippen molar-refractivity contribution >= 4 is 17.5 Å². The van der Waals surface area contributed by atoms with E-state index < -0.39 is 17.9 Å². The number of methoxy groups -OCH3 is 1. The number of aliphatic hydroxyl groups is 1. The Morgan fingerprint density at radius 2 is 1.72 bits per heavy atom. The number of carbonyl (C=O) groups excluding carboxylic acids is 2. The van der Waals surface area contributed by atoms with Gasteiger partial charge in [0.15, 0.2) is 0 Å². The molecule has 0 aliphatic rings. The summed E-state index contributed by atoms with van der Waals surface area (Å²) in [6.45, 7) is 0.196. The minimum atomic E-state index is -0.949. The molecular formula is C21H23N3O5. The quantitative estimate of drug-likeness (QED) is 0.550. The van der Waals surface area contributed by atoms with E-state index in [0.29, 0.717) is 12.3 Å². The second-order valence-electron chi connectivity index (χ2n) is 6.21. The summed E-state index contributed by atoms with van der Waals surface area (Å²) in [4.78, 5) is 23.7. The molecule has 2 rings (SSSR count). The van der Waals surface area contributed by atoms with E-state index in [1.165, 1.54) is 0 Å². The van der Waals surface area contributed by atoms with Crippen LogP contribution in [0.2, 0.25) is 0 Å². The van der Waals surface area contributed by atoms with Crippen LogP contribution in [-0.2, 0) is 27.4 Å². The molecule has 152 valence electrons. The summed E-state index contributed by atoms with van der Waals surface area (Å²) in [5.74, 6) is -0.961. The second-order valence-corrected chi connectivity index (χ2v) is 6.21. The summed E-state index contributed by atoms with van der Waals surface area (Å²) in [6, 6.07) is 16.0. The lowest BCUT2D eigenvalue weighted by atomic mass is 10.1. The topological polar surface area (TPSA) is 121 Å². The number of ether oxygens (including phenoxy) is 2. The molecule has 2 aromatic carbocycles. The van der Waals surface area contributed by atoms with E-state index >= 15 is 0 Å². The predicted molar refractivity (Wildman–Crippen MR) is 106 cm³/mol. The average molecular weight is 397 g/mol. The summed E-state index contributed by atoms with van der Waals surface area (Å²) in [5.41, 5.74) is 2.17. The van der Waals surface area contributed by atoms with Crippen molar-refractivity contribution in [3.8, 4) is 11.8 Å². The van der Waals surface area contributed by atoms with Gasteiger partial charge in [-0.15, -0.1) is 0 Å². The molecule has 29 heavy (non-hydrogen) atoms. The first-order valence-electron chi connectivity index (χ1n) is 8.95. The van der Waals surface area contributed by atoms with Gasteiger partial charge in [0.25, 0.3) is 0 Å². The number of nitrogens with one attached hydrogen (secondary N) is 2. The number of nitriles is 1. The lowest BCUT2D eigenvalue weighted by Crippen LogP contribution is -2.40. The Kier molecular flexibility index (Phi) is 8.63. The van der Waals surface area contributed by atoms with Crippen LogP contribution in [-0.4, -0.2) is 43.3 Å². The Morgan fingerprint density at radius 3 is 2.34 bits per heavy atom. The largest absolute Gasteiger partial charge is 0.497 e. The first kappa shape index (κ1) is 21.9. The third-order valence-corrected chi connectivity index (χ3v) is 3.94. The molecule has 0 aliphatic carbocycles. The number of nitrogens with zero attached hydrogens (tertiary/aromatic N) is 1. The maximum Gasteiger partial charge on any atom is 0.313 e. The highest BCUT2D eigenvalue weighted by molar-refractivity contribution is 6.39. The third kappa shape index (κ3) is 7.62. The standard InChI is InChI=1S/C21H23N3O5/c1-28-19-8-4-16(5-9-19)13-29-14-18(25)12-23-20(26)21(27)24-17-6-2-15(3-7-17)10-11-22/h2-9,18,25H,10,12-14H2,1H3,(H,23,26)(H,24,27). The Balaban J connectivity index is 1.67. The van der Waals surface area contributed by atoms with Gasteiger partial charge in [-0.05, 0) is 35.4 Å². The van der Waals surface area contributed by atoms with E-state index in [4.69, 9.17) is 14.7 Å². The molecule has 2 aromatic rings. The van der Waals surface area contributed by atoms with Gasteiger partial charge in [0.2, 0.25) is 0 Å². The summed E-state index contributed by atoms with van der Waals surface area (Å²) >= 11 is 0. The highest BCUT2D eigenvalue weighted by Gasteiger charge is 2.15. The SMILES string of the molecule is COc1ccc(COCC(O)CNC(=O)C(=O)Nc2ccc(CC#N)cc2)cc1. The van der Waals surface area contributed by atoms with E-state index in [0.717, 1.165) is 16.9 Å². The van der Waals surface area contributed by atoms with Gasteiger partial charge in [0.1, 0.15) is 5.75 Å². The van der Waals surface area contributed by atoms with E-state index in [1.54, 1.807) is 31.4 Å². The second kappa shape index (κ2) is 11.4. The number of aliphatic hydroxyl groups excluding tert-OH is 1. The first-order chi connectivity index (χ1) is 14.0. The molecule has 2 amide bonds. The highest BCUT2D eigenvalue weighted by atomic mass is 16.5. The maximum atomic E-state index is 11.9. The first-order valence-corrected chi connectivity index (χ1v) is 8.95. The Morgan fingerprint density at radius 1 is 1.07 bits per heavy atom. The number of benzene rings is 2. The molecule has 1 atom stereocenters. The Labute approximate surface area is 169 Å². The van der Waals surface area contributed by atoms with E-state index in [2.05, 4.69) is 10.6 Å². The molecular weight excluding hydrogens is 374 g/mol. The van der Waals surface area contributed by atoms with Gasteiger partial charge in [0, 0.05) is 12.2 Å². The Bertz CT molecular complexity index is 844. The number of hydrogen-bond donors (Lipinski definition) is 3. The van der Waals surface area contributed by atoms with Crippen LogP contribution >= 0.6 is 0 Å². The van der Waals surface area contributed by atoms with Crippen molar-refractivity contribution in [3.63, 3.8) is 0 Å². The van der Waals surface area contributed by atoms with Crippen molar-refractivity contribution in [1.29, 1.82) is 5.26 Å². The zero-order valence-corrected chi connectivity index (χ0v) is 16.1. The molecule has 8 nitrogen and oxygen atoms in total. The summed E-state index contributed by atoms with van der Waals surface area (Å²) in [7, 11) is 1.59. The maximum absolute atomic E-state index is 11.9. The van der Waals surface area contributed by atoms with Crippen LogP contribution in [0.25, 0.3) is 0 Å². The molecule has 0 radical (unpaired) electrons. The van der Waals surface area contributed by atoms with Gasteiger partial charge < -0.3 is 25.2 Å². The van der Waals surface area contributed by atoms with Crippen molar-refractivity contribution in [2.75, 3.05) is 25.6 Å². The zero-order chi connectivity index (χ0) is 21.1. The number of carbonyl (C=O) groups is 2. The number of amides is 2. The molecule has 0 saturated heterocycles. The van der Waals surface area contributed by atoms with E-state index in [9.17, 15) is 14.7 Å². The minimum Gasteiger partial charge on any atom is -0.497 e. The smallest absolute Gasteiger partial charge is 0.313 e. The molecule has 0 heterocycles. The van der Waals surface area contributed by atoms with E-state index in [1.807, 2.05) is 30.3 Å². The molecule has 0 aliphatic heterocycles. The minimum absolute atomic E-state index is 0.00822. The molecule has 8 heteroatoms. The monoisotopic (exact) mass is 397 g/mol. The number of rotatable bonds is 9. The van der Waals surface area contributed by atoms with Crippen LogP contribution in [0.4, 0.5) is 5.69 Å². The molecule has 1 unspecified atom stereocenters. The van der Waals surface area contributed by atoms with Crippen LogP contribution in [0.15, 0.2) is 48.5 Å². The lowest BCUT2D eigenvalue weighted by molar-refractivity contribution is -0.136. The van der Waals surface area contributed by atoms with Gasteiger partial charge in [-0.2, -0.15) is 5.26 Å². The van der Waals surface area contributed by atoms with Crippen molar-refractivity contribution in [3.05, 3.63) is 59.7 Å². The lowest BCUT2D eigenvalue weighted by Gasteiger charge is -2.13. The zero-order valence-electron chi connectivity index (χ0n) is 16.1. The van der Waals surface area contributed by atoms with Crippen LogP contribution in [0, 0.1) is 11.3 Å². The van der Waals surface area contributed by atoms with Gasteiger partial charge in [-0.3, -0.25) is 9.59 Å². The molecule has 0 bridgehead atoms. The van der Waals surface area contributed by atoms with Crippen LogP contribution in [0.3, 0.4) is 0 Å². The number of anilines is 1. The van der Waals surface area contributed by atoms with Crippen LogP contribution in [0.1, 0.15) is 11.1 Å². The van der Waals surface area contributed by atoms with Gasteiger partial charge >= 0.3 is 11.8 Å². The summed E-state index contributed by atoms with van der Waals surface area (Å²) in [5, 5.41) is 23.3. The van der Waals surface area contributed by atoms with Crippen molar-refractivity contribution in [1.82, 2.24) is 5.32 Å². The fourth-order valence-corrected chi connectivity index (χ4v) is 2.37. The molecule has 0 spiro atoms. The van der Waals surface area contributed by atoms with Crippen LogP contribution < -0.4 is 15.4 Å². The molecule has 0 fully saturated rings. The van der Waals surface area contributed by atoms with Crippen molar-refractivity contribution in [2.45, 2.75) is 19.1 Å². The third-order valence-electron chi connectivity index (χ3n) is 3.94. The number of hydrogen-bond acceptors (Lipinski definition) is 6. The fraction of sp³-hybridized carbons (Fsp3) is 0.286. The van der Waals surface area contributed by atoms with Gasteiger partial charge in [-0.1, -0.05) is 24.3 Å². The summed E-state index contributed by atoms with van der Waals surface area (Å²) < 4.78 is 10.5. The Hall–Kier alpha value is -3.41.